The van der Waals surface area contributed by atoms with E-state index in [0.717, 1.165) is 6.42 Å². The van der Waals surface area contributed by atoms with Crippen molar-refractivity contribution < 1.29 is 8.42 Å². The van der Waals surface area contributed by atoms with Crippen molar-refractivity contribution in [2.24, 2.45) is 17.6 Å². The Morgan fingerprint density at radius 1 is 1.41 bits per heavy atom. The first-order valence-electron chi connectivity index (χ1n) is 6.38. The normalized spacial score (nSPS) is 25.6. The Morgan fingerprint density at radius 2 is 2.12 bits per heavy atom. The quantitative estimate of drug-likeness (QED) is 0.704. The van der Waals surface area contributed by atoms with Crippen LogP contribution in [0.5, 0.6) is 0 Å². The van der Waals surface area contributed by atoms with Crippen LogP contribution in [-0.2, 0) is 10.2 Å². The summed E-state index contributed by atoms with van der Waals surface area (Å²) in [7, 11) is -1.72. The summed E-state index contributed by atoms with van der Waals surface area (Å²) >= 11 is 0. The monoisotopic (exact) mass is 263 g/mol. The number of nitrogens with one attached hydrogen (secondary N) is 1. The van der Waals surface area contributed by atoms with E-state index in [9.17, 15) is 8.42 Å². The zero-order valence-electron chi connectivity index (χ0n) is 10.9. The van der Waals surface area contributed by atoms with E-state index in [1.54, 1.807) is 7.05 Å². The van der Waals surface area contributed by atoms with E-state index in [0.29, 0.717) is 37.9 Å². The molecule has 1 rings (SSSR count). The molecule has 0 amide bonds. The highest BCUT2D eigenvalue weighted by molar-refractivity contribution is 7.87. The molecule has 6 heteroatoms. The molecule has 2 unspecified atom stereocenters. The standard InChI is InChI=1S/C11H25N3O2S/c1-10-5-3-6-11(10)9-13-17(15,16)14(2)8-4-7-12/h10-11,13H,3-9,12H2,1-2H3. The molecule has 3 N–H and O–H groups in total. The summed E-state index contributed by atoms with van der Waals surface area (Å²) in [6.07, 6.45) is 4.26. The predicted octanol–water partition coefficient (Wildman–Crippen LogP) is 0.538. The van der Waals surface area contributed by atoms with Crippen molar-refractivity contribution >= 4 is 10.2 Å². The molecule has 2 atom stereocenters. The third kappa shape index (κ3) is 4.54. The van der Waals surface area contributed by atoms with Crippen molar-refractivity contribution in [2.45, 2.75) is 32.6 Å². The first-order chi connectivity index (χ1) is 7.97. The molecule has 0 spiro atoms. The van der Waals surface area contributed by atoms with E-state index < -0.39 is 10.2 Å². The van der Waals surface area contributed by atoms with Crippen LogP contribution in [0.15, 0.2) is 0 Å². The third-order valence-corrected chi connectivity index (χ3v) is 5.19. The summed E-state index contributed by atoms with van der Waals surface area (Å²) in [6, 6.07) is 0. The zero-order chi connectivity index (χ0) is 12.9. The van der Waals surface area contributed by atoms with Crippen LogP contribution in [-0.4, -0.2) is 39.4 Å². The molecule has 5 nitrogen and oxygen atoms in total. The van der Waals surface area contributed by atoms with E-state index in [1.807, 2.05) is 0 Å². The second kappa shape index (κ2) is 6.68. The molecule has 1 saturated carbocycles. The third-order valence-electron chi connectivity index (χ3n) is 3.65. The largest absolute Gasteiger partial charge is 0.330 e. The lowest BCUT2D eigenvalue weighted by atomic mass is 9.99. The van der Waals surface area contributed by atoms with Crippen LogP contribution in [0.1, 0.15) is 32.6 Å². The molecule has 1 aliphatic rings. The molecule has 1 aliphatic carbocycles. The van der Waals surface area contributed by atoms with Crippen LogP contribution in [0, 0.1) is 11.8 Å². The van der Waals surface area contributed by atoms with Gasteiger partial charge in [0, 0.05) is 20.1 Å². The van der Waals surface area contributed by atoms with Gasteiger partial charge in [0.05, 0.1) is 0 Å². The first kappa shape index (κ1) is 14.9. The van der Waals surface area contributed by atoms with Crippen molar-refractivity contribution in [2.75, 3.05) is 26.7 Å². The topological polar surface area (TPSA) is 75.4 Å². The highest BCUT2D eigenvalue weighted by atomic mass is 32.2. The van der Waals surface area contributed by atoms with Crippen molar-refractivity contribution in [3.63, 3.8) is 0 Å². The lowest BCUT2D eigenvalue weighted by molar-refractivity contribution is 0.400. The highest BCUT2D eigenvalue weighted by Gasteiger charge is 2.25. The summed E-state index contributed by atoms with van der Waals surface area (Å²) in [5, 5.41) is 0. The summed E-state index contributed by atoms with van der Waals surface area (Å²) < 4.78 is 27.8. The van der Waals surface area contributed by atoms with Crippen LogP contribution >= 0.6 is 0 Å². The average molecular weight is 263 g/mol. The maximum absolute atomic E-state index is 11.9. The first-order valence-corrected chi connectivity index (χ1v) is 7.82. The summed E-state index contributed by atoms with van der Waals surface area (Å²) in [4.78, 5) is 0. The molecule has 0 aromatic carbocycles. The fourth-order valence-electron chi connectivity index (χ4n) is 2.28. The van der Waals surface area contributed by atoms with Gasteiger partial charge in [0.1, 0.15) is 0 Å². The maximum Gasteiger partial charge on any atom is 0.279 e. The molecule has 0 bridgehead atoms. The molecule has 102 valence electrons. The summed E-state index contributed by atoms with van der Waals surface area (Å²) in [5.74, 6) is 1.12. The molecule has 0 radical (unpaired) electrons. The molecule has 0 aliphatic heterocycles. The van der Waals surface area contributed by atoms with Crippen molar-refractivity contribution in [1.82, 2.24) is 9.03 Å². The number of rotatable bonds is 7. The second-order valence-corrected chi connectivity index (χ2v) is 6.85. The Kier molecular flexibility index (Phi) is 5.85. The smallest absolute Gasteiger partial charge is 0.279 e. The second-order valence-electron chi connectivity index (χ2n) is 4.99. The van der Waals surface area contributed by atoms with Gasteiger partial charge in [-0.05, 0) is 31.2 Å². The van der Waals surface area contributed by atoms with E-state index in [1.165, 1.54) is 17.1 Å². The van der Waals surface area contributed by atoms with Crippen LogP contribution in [0.2, 0.25) is 0 Å². The fourth-order valence-corrected chi connectivity index (χ4v) is 3.30. The van der Waals surface area contributed by atoms with Gasteiger partial charge < -0.3 is 5.73 Å². The number of nitrogens with zero attached hydrogens (tertiary/aromatic N) is 1. The van der Waals surface area contributed by atoms with Gasteiger partial charge in [-0.2, -0.15) is 12.7 Å². The number of hydrogen-bond donors (Lipinski definition) is 2. The molecule has 0 heterocycles. The highest BCUT2D eigenvalue weighted by Crippen LogP contribution is 2.30. The van der Waals surface area contributed by atoms with Crippen LogP contribution in [0.25, 0.3) is 0 Å². The van der Waals surface area contributed by atoms with E-state index in [-0.39, 0.29) is 0 Å². The van der Waals surface area contributed by atoms with Crippen LogP contribution in [0.3, 0.4) is 0 Å². The fraction of sp³-hybridized carbons (Fsp3) is 1.00. The van der Waals surface area contributed by atoms with Crippen molar-refractivity contribution in [3.8, 4) is 0 Å². The van der Waals surface area contributed by atoms with Gasteiger partial charge in [0.15, 0.2) is 0 Å². The van der Waals surface area contributed by atoms with Crippen LogP contribution in [0.4, 0.5) is 0 Å². The minimum Gasteiger partial charge on any atom is -0.330 e. The SMILES string of the molecule is CC1CCCC1CNS(=O)(=O)N(C)CCCN. The number of hydrogen-bond acceptors (Lipinski definition) is 3. The van der Waals surface area contributed by atoms with E-state index in [4.69, 9.17) is 5.73 Å². The van der Waals surface area contributed by atoms with Crippen molar-refractivity contribution in [1.29, 1.82) is 0 Å². The van der Waals surface area contributed by atoms with Gasteiger partial charge in [0.25, 0.3) is 10.2 Å². The van der Waals surface area contributed by atoms with Gasteiger partial charge in [-0.15, -0.1) is 0 Å². The Morgan fingerprint density at radius 3 is 2.65 bits per heavy atom. The Balaban J connectivity index is 2.38. The molecule has 0 saturated heterocycles. The van der Waals surface area contributed by atoms with Crippen LogP contribution < -0.4 is 10.5 Å². The number of nitrogens with two attached hydrogens (primary N) is 1. The summed E-state index contributed by atoms with van der Waals surface area (Å²) in [5.41, 5.74) is 5.37. The minimum atomic E-state index is -3.32. The van der Waals surface area contributed by atoms with E-state index in [2.05, 4.69) is 11.6 Å². The van der Waals surface area contributed by atoms with Gasteiger partial charge in [-0.25, -0.2) is 4.72 Å². The molecule has 1 fully saturated rings. The molecule has 0 aromatic heterocycles. The molecule has 17 heavy (non-hydrogen) atoms. The Bertz CT molecular complexity index is 319. The summed E-state index contributed by atoms with van der Waals surface area (Å²) in [6.45, 7) is 3.76. The zero-order valence-corrected chi connectivity index (χ0v) is 11.7. The Labute approximate surface area is 105 Å². The lowest BCUT2D eigenvalue weighted by Crippen LogP contribution is -2.41. The van der Waals surface area contributed by atoms with Crippen molar-refractivity contribution in [3.05, 3.63) is 0 Å². The molecular formula is C11H25N3O2S. The average Bonchev–Trinajstić information content (AvgIpc) is 2.69. The minimum absolute atomic E-state index is 0.478. The van der Waals surface area contributed by atoms with Gasteiger partial charge in [-0.1, -0.05) is 19.8 Å². The Hall–Kier alpha value is -0.170. The van der Waals surface area contributed by atoms with Gasteiger partial charge >= 0.3 is 0 Å². The molecular weight excluding hydrogens is 238 g/mol. The lowest BCUT2D eigenvalue weighted by Gasteiger charge is -2.20. The molecule has 0 aromatic rings. The van der Waals surface area contributed by atoms with Gasteiger partial charge in [0.2, 0.25) is 0 Å². The van der Waals surface area contributed by atoms with E-state index >= 15 is 0 Å². The predicted molar refractivity (Wildman–Crippen MR) is 69.7 cm³/mol. The maximum atomic E-state index is 11.9. The van der Waals surface area contributed by atoms with Gasteiger partial charge in [-0.3, -0.25) is 0 Å².